The van der Waals surface area contributed by atoms with E-state index in [1.54, 1.807) is 0 Å². The van der Waals surface area contributed by atoms with Gasteiger partial charge in [-0.1, -0.05) is 0 Å². The monoisotopic (exact) mass is 152 g/mol. The number of rotatable bonds is 0. The van der Waals surface area contributed by atoms with Crippen molar-refractivity contribution in [3.8, 4) is 0 Å². The molecule has 3 aliphatic rings. The van der Waals surface area contributed by atoms with E-state index in [1.165, 1.54) is 19.3 Å². The second-order valence-corrected chi connectivity index (χ2v) is 4.16. The SMILES string of the molecule is O=C1C[C@H]2[C@@H]3CC[C@@H](C3)[C@H]2O1. The molecule has 1 aliphatic heterocycles. The first-order valence-corrected chi connectivity index (χ1v) is 4.54. The Kier molecular flexibility index (Phi) is 0.984. The molecule has 1 saturated heterocycles. The average molecular weight is 152 g/mol. The number of hydrogen-bond acceptors (Lipinski definition) is 2. The lowest BCUT2D eigenvalue weighted by molar-refractivity contribution is -0.143. The van der Waals surface area contributed by atoms with E-state index in [1.807, 2.05) is 0 Å². The summed E-state index contributed by atoms with van der Waals surface area (Å²) in [5.41, 5.74) is 0. The van der Waals surface area contributed by atoms with Crippen molar-refractivity contribution in [1.29, 1.82) is 0 Å². The highest BCUT2D eigenvalue weighted by atomic mass is 16.6. The van der Waals surface area contributed by atoms with Gasteiger partial charge >= 0.3 is 5.97 Å². The predicted octanol–water partition coefficient (Wildman–Crippen LogP) is 1.35. The van der Waals surface area contributed by atoms with Gasteiger partial charge in [-0.2, -0.15) is 0 Å². The summed E-state index contributed by atoms with van der Waals surface area (Å²) in [5, 5.41) is 0. The molecule has 0 radical (unpaired) electrons. The lowest BCUT2D eigenvalue weighted by Gasteiger charge is -2.21. The third-order valence-corrected chi connectivity index (χ3v) is 3.68. The van der Waals surface area contributed by atoms with Gasteiger partial charge in [-0.15, -0.1) is 0 Å². The zero-order chi connectivity index (χ0) is 7.42. The fourth-order valence-corrected chi connectivity index (χ4v) is 3.22. The molecule has 2 saturated carbocycles. The van der Waals surface area contributed by atoms with Gasteiger partial charge in [-0.25, -0.2) is 0 Å². The van der Waals surface area contributed by atoms with E-state index in [0.29, 0.717) is 18.4 Å². The van der Waals surface area contributed by atoms with Gasteiger partial charge in [0.15, 0.2) is 0 Å². The molecule has 2 nitrogen and oxygen atoms in total. The Labute approximate surface area is 65.9 Å². The van der Waals surface area contributed by atoms with Crippen LogP contribution in [0.1, 0.15) is 25.7 Å². The van der Waals surface area contributed by atoms with Crippen molar-refractivity contribution in [2.75, 3.05) is 0 Å². The highest BCUT2D eigenvalue weighted by Gasteiger charge is 2.53. The normalized spacial score (nSPS) is 52.9. The van der Waals surface area contributed by atoms with Crippen LogP contribution >= 0.6 is 0 Å². The van der Waals surface area contributed by atoms with Crippen molar-refractivity contribution >= 4 is 5.97 Å². The first kappa shape index (κ1) is 6.04. The number of esters is 1. The number of fused-ring (bicyclic) bond motifs is 5. The Morgan fingerprint density at radius 3 is 2.91 bits per heavy atom. The number of carbonyl (C=O) groups is 1. The van der Waals surface area contributed by atoms with Crippen molar-refractivity contribution in [1.82, 2.24) is 0 Å². The van der Waals surface area contributed by atoms with E-state index >= 15 is 0 Å². The molecule has 0 amide bonds. The topological polar surface area (TPSA) is 26.3 Å². The van der Waals surface area contributed by atoms with E-state index in [4.69, 9.17) is 4.74 Å². The van der Waals surface area contributed by atoms with Gasteiger partial charge in [0.25, 0.3) is 0 Å². The molecule has 0 aromatic heterocycles. The molecule has 0 N–H and O–H groups in total. The summed E-state index contributed by atoms with van der Waals surface area (Å²) in [7, 11) is 0. The smallest absolute Gasteiger partial charge is 0.306 e. The molecule has 60 valence electrons. The van der Waals surface area contributed by atoms with E-state index in [2.05, 4.69) is 0 Å². The Balaban J connectivity index is 1.92. The van der Waals surface area contributed by atoms with Crippen molar-refractivity contribution in [3.05, 3.63) is 0 Å². The maximum atomic E-state index is 11.0. The molecule has 0 spiro atoms. The molecule has 1 heterocycles. The van der Waals surface area contributed by atoms with Crippen molar-refractivity contribution < 1.29 is 9.53 Å². The Hall–Kier alpha value is -0.530. The molecule has 4 atom stereocenters. The van der Waals surface area contributed by atoms with Crippen molar-refractivity contribution in [2.24, 2.45) is 17.8 Å². The Bertz CT molecular complexity index is 192. The quantitative estimate of drug-likeness (QED) is 0.490. The van der Waals surface area contributed by atoms with Crippen LogP contribution in [0.5, 0.6) is 0 Å². The van der Waals surface area contributed by atoms with Crippen LogP contribution in [0.4, 0.5) is 0 Å². The van der Waals surface area contributed by atoms with Gasteiger partial charge in [0.2, 0.25) is 0 Å². The van der Waals surface area contributed by atoms with Crippen LogP contribution in [0, 0.1) is 17.8 Å². The standard InChI is InChI=1S/C9H12O2/c10-8-4-7-5-1-2-6(3-5)9(7)11-8/h5-7,9H,1-4H2/t5-,6+,7+,9-/m1/s1. The highest BCUT2D eigenvalue weighted by Crippen LogP contribution is 2.53. The van der Waals surface area contributed by atoms with Gasteiger partial charge in [0, 0.05) is 5.92 Å². The fraction of sp³-hybridized carbons (Fsp3) is 0.889. The zero-order valence-corrected chi connectivity index (χ0v) is 6.45. The van der Waals surface area contributed by atoms with Crippen LogP contribution in [-0.4, -0.2) is 12.1 Å². The third kappa shape index (κ3) is 0.652. The van der Waals surface area contributed by atoms with Crippen LogP contribution in [-0.2, 0) is 9.53 Å². The number of hydrogen-bond donors (Lipinski definition) is 0. The molecular weight excluding hydrogens is 140 g/mol. The molecule has 0 aromatic carbocycles. The second kappa shape index (κ2) is 1.79. The molecule has 3 rings (SSSR count). The molecule has 0 aromatic rings. The second-order valence-electron chi connectivity index (χ2n) is 4.16. The Morgan fingerprint density at radius 2 is 2.09 bits per heavy atom. The molecule has 2 aliphatic carbocycles. The molecule has 3 fully saturated rings. The molecular formula is C9H12O2. The molecule has 0 unspecified atom stereocenters. The van der Waals surface area contributed by atoms with E-state index < -0.39 is 0 Å². The summed E-state index contributed by atoms with van der Waals surface area (Å²) in [6, 6.07) is 0. The minimum atomic E-state index is 0.0524. The predicted molar refractivity (Wildman–Crippen MR) is 38.8 cm³/mol. The lowest BCUT2D eigenvalue weighted by Crippen LogP contribution is -2.23. The maximum absolute atomic E-state index is 11.0. The fourth-order valence-electron chi connectivity index (χ4n) is 3.22. The van der Waals surface area contributed by atoms with E-state index in [-0.39, 0.29) is 5.97 Å². The summed E-state index contributed by atoms with van der Waals surface area (Å²) in [6.45, 7) is 0. The van der Waals surface area contributed by atoms with Gasteiger partial charge in [-0.3, -0.25) is 4.79 Å². The largest absolute Gasteiger partial charge is 0.462 e. The van der Waals surface area contributed by atoms with Crippen molar-refractivity contribution in [2.45, 2.75) is 31.8 Å². The summed E-state index contributed by atoms with van der Waals surface area (Å²) < 4.78 is 5.28. The minimum absolute atomic E-state index is 0.0524. The van der Waals surface area contributed by atoms with E-state index in [0.717, 1.165) is 11.8 Å². The molecule has 2 heteroatoms. The molecule has 2 bridgehead atoms. The average Bonchev–Trinajstić information content (AvgIpc) is 2.53. The van der Waals surface area contributed by atoms with E-state index in [9.17, 15) is 4.79 Å². The first-order chi connectivity index (χ1) is 5.34. The maximum Gasteiger partial charge on any atom is 0.306 e. The lowest BCUT2D eigenvalue weighted by atomic mass is 9.86. The zero-order valence-electron chi connectivity index (χ0n) is 6.45. The van der Waals surface area contributed by atoms with Crippen molar-refractivity contribution in [3.63, 3.8) is 0 Å². The van der Waals surface area contributed by atoms with Crippen LogP contribution in [0.2, 0.25) is 0 Å². The minimum Gasteiger partial charge on any atom is -0.462 e. The summed E-state index contributed by atoms with van der Waals surface area (Å²) in [6.07, 6.45) is 5.04. The van der Waals surface area contributed by atoms with Gasteiger partial charge in [-0.05, 0) is 31.1 Å². The summed E-state index contributed by atoms with van der Waals surface area (Å²) in [4.78, 5) is 11.0. The highest BCUT2D eigenvalue weighted by molar-refractivity contribution is 5.72. The number of carbonyl (C=O) groups excluding carboxylic acids is 1. The summed E-state index contributed by atoms with van der Waals surface area (Å²) in [5.74, 6) is 2.23. The van der Waals surface area contributed by atoms with Gasteiger partial charge < -0.3 is 4.74 Å². The van der Waals surface area contributed by atoms with Crippen LogP contribution in [0.3, 0.4) is 0 Å². The first-order valence-electron chi connectivity index (χ1n) is 4.54. The van der Waals surface area contributed by atoms with Crippen LogP contribution < -0.4 is 0 Å². The number of ether oxygens (including phenoxy) is 1. The van der Waals surface area contributed by atoms with Gasteiger partial charge in [0.1, 0.15) is 6.10 Å². The molecule has 11 heavy (non-hydrogen) atoms. The Morgan fingerprint density at radius 1 is 1.27 bits per heavy atom. The van der Waals surface area contributed by atoms with Crippen LogP contribution in [0.15, 0.2) is 0 Å². The van der Waals surface area contributed by atoms with Gasteiger partial charge in [0.05, 0.1) is 6.42 Å². The van der Waals surface area contributed by atoms with Crippen LogP contribution in [0.25, 0.3) is 0 Å². The third-order valence-electron chi connectivity index (χ3n) is 3.68. The summed E-state index contributed by atoms with van der Waals surface area (Å²) >= 11 is 0.